The van der Waals surface area contributed by atoms with Crippen molar-refractivity contribution in [2.24, 2.45) is 11.7 Å². The number of carbonyl (C=O) groups excluding carboxylic acids is 2. The summed E-state index contributed by atoms with van der Waals surface area (Å²) in [6.45, 7) is 3.27. The Bertz CT molecular complexity index is 334. The maximum atomic E-state index is 12.1. The van der Waals surface area contributed by atoms with Crippen LogP contribution in [0.2, 0.25) is 0 Å². The van der Waals surface area contributed by atoms with E-state index in [4.69, 9.17) is 5.73 Å². The Balaban J connectivity index is 1.68. The molecule has 3 N–H and O–H groups in total. The number of hydrogen-bond donors (Lipinski definition) is 2. The van der Waals surface area contributed by atoms with E-state index < -0.39 is 0 Å². The lowest BCUT2D eigenvalue weighted by Crippen LogP contribution is -2.44. The first kappa shape index (κ1) is 14.3. The summed E-state index contributed by atoms with van der Waals surface area (Å²) in [5.74, 6) is 0.0646. The van der Waals surface area contributed by atoms with Gasteiger partial charge in [-0.05, 0) is 45.4 Å². The molecular formula is C14H25N3O2. The number of rotatable bonds is 6. The predicted octanol–water partition coefficient (Wildman–Crippen LogP) is 0.631. The zero-order valence-corrected chi connectivity index (χ0v) is 11.7. The normalized spacial score (nSPS) is 27.0. The molecule has 0 saturated heterocycles. The van der Waals surface area contributed by atoms with E-state index in [1.807, 2.05) is 11.8 Å². The lowest BCUT2D eigenvalue weighted by Gasteiger charge is -2.28. The van der Waals surface area contributed by atoms with Crippen molar-refractivity contribution in [1.82, 2.24) is 10.2 Å². The molecule has 0 bridgehead atoms. The Morgan fingerprint density at radius 2 is 1.79 bits per heavy atom. The maximum Gasteiger partial charge on any atom is 0.236 e. The molecule has 0 atom stereocenters. The van der Waals surface area contributed by atoms with Crippen LogP contribution in [0.15, 0.2) is 0 Å². The largest absolute Gasteiger partial charge is 0.369 e. The molecule has 5 nitrogen and oxygen atoms in total. The number of carbonyl (C=O) groups is 2. The maximum absolute atomic E-state index is 12.1. The number of nitrogens with two attached hydrogens (primary N) is 1. The summed E-state index contributed by atoms with van der Waals surface area (Å²) in [6.07, 6.45) is 5.89. The minimum Gasteiger partial charge on any atom is -0.369 e. The van der Waals surface area contributed by atoms with E-state index in [9.17, 15) is 9.59 Å². The van der Waals surface area contributed by atoms with Crippen molar-refractivity contribution < 1.29 is 9.59 Å². The van der Waals surface area contributed by atoms with Crippen molar-refractivity contribution in [3.63, 3.8) is 0 Å². The first-order valence-corrected chi connectivity index (χ1v) is 7.44. The lowest BCUT2D eigenvalue weighted by atomic mass is 9.85. The first-order chi connectivity index (χ1) is 9.11. The van der Waals surface area contributed by atoms with E-state index in [0.29, 0.717) is 18.6 Å². The number of amides is 2. The molecule has 2 aliphatic rings. The van der Waals surface area contributed by atoms with Crippen LogP contribution < -0.4 is 11.1 Å². The van der Waals surface area contributed by atoms with E-state index in [1.165, 1.54) is 0 Å². The second kappa shape index (κ2) is 6.37. The SMILES string of the molecule is CCN(C(=O)CNC1CCC(C(N)=O)CC1)C1CC1. The molecule has 2 aliphatic carbocycles. The van der Waals surface area contributed by atoms with Crippen molar-refractivity contribution in [1.29, 1.82) is 0 Å². The van der Waals surface area contributed by atoms with E-state index in [0.717, 1.165) is 45.1 Å². The third-order valence-electron chi connectivity index (χ3n) is 4.32. The van der Waals surface area contributed by atoms with Gasteiger partial charge in [-0.3, -0.25) is 9.59 Å². The summed E-state index contributed by atoms with van der Waals surface area (Å²) in [4.78, 5) is 25.1. The van der Waals surface area contributed by atoms with Crippen LogP contribution >= 0.6 is 0 Å². The molecule has 0 aromatic rings. The Hall–Kier alpha value is -1.10. The van der Waals surface area contributed by atoms with Gasteiger partial charge in [-0.25, -0.2) is 0 Å². The molecule has 2 saturated carbocycles. The zero-order valence-electron chi connectivity index (χ0n) is 11.7. The summed E-state index contributed by atoms with van der Waals surface area (Å²) in [6, 6.07) is 0.849. The Kier molecular flexibility index (Phi) is 4.80. The van der Waals surface area contributed by atoms with Gasteiger partial charge in [-0.2, -0.15) is 0 Å². The molecule has 0 heterocycles. The van der Waals surface area contributed by atoms with Gasteiger partial charge in [0.05, 0.1) is 6.54 Å². The number of primary amides is 1. The van der Waals surface area contributed by atoms with Crippen molar-refractivity contribution >= 4 is 11.8 Å². The van der Waals surface area contributed by atoms with Gasteiger partial charge in [0.15, 0.2) is 0 Å². The van der Waals surface area contributed by atoms with Gasteiger partial charge in [0.25, 0.3) is 0 Å². The predicted molar refractivity (Wildman–Crippen MR) is 73.4 cm³/mol. The molecule has 0 aromatic heterocycles. The third kappa shape index (κ3) is 3.93. The summed E-state index contributed by atoms with van der Waals surface area (Å²) in [5.41, 5.74) is 5.31. The van der Waals surface area contributed by atoms with Crippen molar-refractivity contribution in [3.8, 4) is 0 Å². The van der Waals surface area contributed by atoms with Gasteiger partial charge in [-0.1, -0.05) is 0 Å². The van der Waals surface area contributed by atoms with Crippen molar-refractivity contribution in [2.75, 3.05) is 13.1 Å². The van der Waals surface area contributed by atoms with Gasteiger partial charge < -0.3 is 16.0 Å². The average molecular weight is 267 g/mol. The fraction of sp³-hybridized carbons (Fsp3) is 0.857. The highest BCUT2D eigenvalue weighted by Gasteiger charge is 2.31. The van der Waals surface area contributed by atoms with Gasteiger partial charge in [-0.15, -0.1) is 0 Å². The average Bonchev–Trinajstić information content (AvgIpc) is 3.22. The highest BCUT2D eigenvalue weighted by Crippen LogP contribution is 2.27. The van der Waals surface area contributed by atoms with E-state index in [1.54, 1.807) is 0 Å². The highest BCUT2D eigenvalue weighted by molar-refractivity contribution is 5.79. The molecule has 0 aliphatic heterocycles. The standard InChI is InChI=1S/C14H25N3O2/c1-2-17(12-7-8-12)13(18)9-16-11-5-3-10(4-6-11)14(15)19/h10-12,16H,2-9H2,1H3,(H2,15,19). The zero-order chi connectivity index (χ0) is 13.8. The van der Waals surface area contributed by atoms with E-state index >= 15 is 0 Å². The summed E-state index contributed by atoms with van der Waals surface area (Å²) < 4.78 is 0. The number of nitrogens with zero attached hydrogens (tertiary/aromatic N) is 1. The molecule has 0 spiro atoms. The quantitative estimate of drug-likeness (QED) is 0.741. The van der Waals surface area contributed by atoms with Gasteiger partial charge in [0.2, 0.25) is 11.8 Å². The Morgan fingerprint density at radius 1 is 1.16 bits per heavy atom. The molecule has 0 radical (unpaired) electrons. The first-order valence-electron chi connectivity index (χ1n) is 7.44. The van der Waals surface area contributed by atoms with Crippen molar-refractivity contribution in [2.45, 2.75) is 57.5 Å². The summed E-state index contributed by atoms with van der Waals surface area (Å²) in [7, 11) is 0. The van der Waals surface area contributed by atoms with Crippen LogP contribution in [-0.2, 0) is 9.59 Å². The van der Waals surface area contributed by atoms with Crippen LogP contribution in [0.5, 0.6) is 0 Å². The fourth-order valence-electron chi connectivity index (χ4n) is 2.94. The molecule has 2 fully saturated rings. The number of hydrogen-bond acceptors (Lipinski definition) is 3. The monoisotopic (exact) mass is 267 g/mol. The van der Waals surface area contributed by atoms with Crippen LogP contribution in [0, 0.1) is 5.92 Å². The highest BCUT2D eigenvalue weighted by atomic mass is 16.2. The van der Waals surface area contributed by atoms with Crippen molar-refractivity contribution in [3.05, 3.63) is 0 Å². The van der Waals surface area contributed by atoms with Crippen LogP contribution in [0.3, 0.4) is 0 Å². The molecule has 5 heteroatoms. The molecular weight excluding hydrogens is 242 g/mol. The number of likely N-dealkylation sites (N-methyl/N-ethyl adjacent to an activating group) is 1. The van der Waals surface area contributed by atoms with Crippen LogP contribution in [0.25, 0.3) is 0 Å². The van der Waals surface area contributed by atoms with Gasteiger partial charge >= 0.3 is 0 Å². The topological polar surface area (TPSA) is 75.4 Å². The smallest absolute Gasteiger partial charge is 0.236 e. The molecule has 0 aromatic carbocycles. The number of nitrogens with one attached hydrogen (secondary N) is 1. The lowest BCUT2D eigenvalue weighted by molar-refractivity contribution is -0.131. The minimum atomic E-state index is -0.180. The molecule has 2 amide bonds. The summed E-state index contributed by atoms with van der Waals surface area (Å²) >= 11 is 0. The Morgan fingerprint density at radius 3 is 2.26 bits per heavy atom. The van der Waals surface area contributed by atoms with E-state index in [2.05, 4.69) is 5.32 Å². The fourth-order valence-corrected chi connectivity index (χ4v) is 2.94. The van der Waals surface area contributed by atoms with Gasteiger partial charge in [0.1, 0.15) is 0 Å². The van der Waals surface area contributed by atoms with E-state index in [-0.39, 0.29) is 17.7 Å². The molecule has 108 valence electrons. The second-order valence-electron chi connectivity index (χ2n) is 5.74. The molecule has 0 unspecified atom stereocenters. The third-order valence-corrected chi connectivity index (χ3v) is 4.32. The Labute approximate surface area is 114 Å². The van der Waals surface area contributed by atoms with Crippen LogP contribution in [0.1, 0.15) is 45.4 Å². The molecule has 19 heavy (non-hydrogen) atoms. The second-order valence-corrected chi connectivity index (χ2v) is 5.74. The van der Waals surface area contributed by atoms with Gasteiger partial charge in [0, 0.05) is 24.5 Å². The molecule has 2 rings (SSSR count). The summed E-state index contributed by atoms with van der Waals surface area (Å²) in [5, 5.41) is 3.33. The van der Waals surface area contributed by atoms with Crippen LogP contribution in [0.4, 0.5) is 0 Å². The minimum absolute atomic E-state index is 0.0346. The van der Waals surface area contributed by atoms with Crippen LogP contribution in [-0.4, -0.2) is 41.9 Å².